The van der Waals surface area contributed by atoms with Gasteiger partial charge in [-0.1, -0.05) is 6.92 Å². The molecule has 0 heterocycles. The third-order valence-electron chi connectivity index (χ3n) is 4.57. The lowest BCUT2D eigenvalue weighted by Gasteiger charge is -2.62. The van der Waals surface area contributed by atoms with Crippen LogP contribution in [0.25, 0.3) is 0 Å². The maximum absolute atomic E-state index is 10.5. The van der Waals surface area contributed by atoms with Gasteiger partial charge in [0.2, 0.25) is 0 Å². The van der Waals surface area contributed by atoms with E-state index < -0.39 is 11.2 Å². The second kappa shape index (κ2) is 3.21. The maximum atomic E-state index is 10.5. The van der Waals surface area contributed by atoms with Crippen LogP contribution in [0.5, 0.6) is 0 Å². The van der Waals surface area contributed by atoms with Crippen LogP contribution in [-0.4, -0.2) is 33.6 Å². The van der Waals surface area contributed by atoms with Crippen LogP contribution in [0.1, 0.15) is 51.9 Å². The molecule has 3 nitrogen and oxygen atoms in total. The first-order valence-electron chi connectivity index (χ1n) is 6.55. The van der Waals surface area contributed by atoms with E-state index in [0.29, 0.717) is 12.3 Å². The van der Waals surface area contributed by atoms with Crippen LogP contribution in [0.2, 0.25) is 0 Å². The molecular weight excluding hydrogens is 204 g/mol. The van der Waals surface area contributed by atoms with Crippen molar-refractivity contribution in [1.29, 1.82) is 0 Å². The predicted molar refractivity (Wildman–Crippen MR) is 60.1 cm³/mol. The quantitative estimate of drug-likeness (QED) is 0.768. The summed E-state index contributed by atoms with van der Waals surface area (Å²) in [7, 11) is 0. The molecule has 2 atom stereocenters. The second-order valence-corrected chi connectivity index (χ2v) is 6.49. The van der Waals surface area contributed by atoms with Gasteiger partial charge in [0.25, 0.3) is 0 Å². The Labute approximate surface area is 96.8 Å². The highest BCUT2D eigenvalue weighted by Gasteiger charge is 2.63. The zero-order valence-electron chi connectivity index (χ0n) is 10.0. The largest absolute Gasteiger partial charge is 0.390 e. The molecule has 92 valence electrons. The summed E-state index contributed by atoms with van der Waals surface area (Å²) in [6.45, 7) is 2.85. The van der Waals surface area contributed by atoms with E-state index in [1.54, 1.807) is 0 Å². The van der Waals surface area contributed by atoms with E-state index in [1.165, 1.54) is 0 Å². The van der Waals surface area contributed by atoms with Crippen LogP contribution in [0.3, 0.4) is 0 Å². The maximum Gasteiger partial charge on any atom is 0.0739 e. The minimum Gasteiger partial charge on any atom is -0.390 e. The van der Waals surface area contributed by atoms with Gasteiger partial charge in [-0.25, -0.2) is 0 Å². The van der Waals surface area contributed by atoms with E-state index in [1.807, 2.05) is 0 Å². The smallest absolute Gasteiger partial charge is 0.0739 e. The Balaban J connectivity index is 1.86. The van der Waals surface area contributed by atoms with Crippen molar-refractivity contribution in [1.82, 2.24) is 0 Å². The monoisotopic (exact) mass is 226 g/mol. The summed E-state index contributed by atoms with van der Waals surface area (Å²) in [5.41, 5.74) is -1.53. The van der Waals surface area contributed by atoms with Crippen LogP contribution in [0, 0.1) is 5.92 Å². The average Bonchev–Trinajstić information content (AvgIpc) is 2.08. The molecule has 4 rings (SSSR count). The second-order valence-electron chi connectivity index (χ2n) is 6.49. The summed E-state index contributed by atoms with van der Waals surface area (Å²) in [4.78, 5) is 0. The first kappa shape index (κ1) is 11.0. The lowest BCUT2D eigenvalue weighted by Crippen LogP contribution is -2.66. The van der Waals surface area contributed by atoms with E-state index in [4.69, 9.17) is 4.74 Å². The minimum atomic E-state index is -0.651. The fraction of sp³-hybridized carbons (Fsp3) is 1.00. The highest BCUT2D eigenvalue weighted by Crippen LogP contribution is 2.60. The molecule has 16 heavy (non-hydrogen) atoms. The molecule has 2 unspecified atom stereocenters. The van der Waals surface area contributed by atoms with Gasteiger partial charge in [-0.3, -0.25) is 0 Å². The molecule has 4 fully saturated rings. The van der Waals surface area contributed by atoms with Crippen molar-refractivity contribution >= 4 is 0 Å². The van der Waals surface area contributed by atoms with Crippen LogP contribution in [0.4, 0.5) is 0 Å². The number of rotatable bonds is 3. The third kappa shape index (κ3) is 1.60. The lowest BCUT2D eigenvalue weighted by atomic mass is 9.50. The van der Waals surface area contributed by atoms with Crippen LogP contribution >= 0.6 is 0 Å². The summed E-state index contributed by atoms with van der Waals surface area (Å²) in [6, 6.07) is 0. The van der Waals surface area contributed by atoms with Crippen molar-refractivity contribution in [2.45, 2.75) is 68.7 Å². The summed E-state index contributed by atoms with van der Waals surface area (Å²) < 4.78 is 6.00. The lowest BCUT2D eigenvalue weighted by molar-refractivity contribution is -0.267. The van der Waals surface area contributed by atoms with Gasteiger partial charge < -0.3 is 14.9 Å². The molecule has 0 aromatic rings. The van der Waals surface area contributed by atoms with Crippen molar-refractivity contribution in [2.75, 3.05) is 6.61 Å². The fourth-order valence-corrected chi connectivity index (χ4v) is 4.73. The molecule has 0 spiro atoms. The van der Waals surface area contributed by atoms with Gasteiger partial charge in [0.1, 0.15) is 0 Å². The number of hydrogen-bond acceptors (Lipinski definition) is 3. The summed E-state index contributed by atoms with van der Waals surface area (Å²) >= 11 is 0. The van der Waals surface area contributed by atoms with Crippen LogP contribution < -0.4 is 0 Å². The van der Waals surface area contributed by atoms with Gasteiger partial charge in [-0.05, 0) is 31.6 Å². The Bertz CT molecular complexity index is 284. The minimum absolute atomic E-state index is 0.223. The van der Waals surface area contributed by atoms with Crippen LogP contribution in [-0.2, 0) is 4.74 Å². The zero-order valence-corrected chi connectivity index (χ0v) is 10.0. The topological polar surface area (TPSA) is 49.7 Å². The van der Waals surface area contributed by atoms with Gasteiger partial charge in [-0.15, -0.1) is 0 Å². The van der Waals surface area contributed by atoms with Crippen molar-refractivity contribution in [2.24, 2.45) is 5.92 Å². The highest BCUT2D eigenvalue weighted by atomic mass is 16.5. The molecule has 0 saturated heterocycles. The van der Waals surface area contributed by atoms with E-state index >= 15 is 0 Å². The molecular formula is C13H22O3. The molecule has 0 aromatic carbocycles. The molecule has 0 aliphatic heterocycles. The summed E-state index contributed by atoms with van der Waals surface area (Å²) in [5.74, 6) is 0.461. The molecule has 4 bridgehead atoms. The Morgan fingerprint density at radius 2 is 1.69 bits per heavy atom. The van der Waals surface area contributed by atoms with Gasteiger partial charge in [0, 0.05) is 25.9 Å². The van der Waals surface area contributed by atoms with Gasteiger partial charge in [0.15, 0.2) is 0 Å². The molecule has 4 aliphatic carbocycles. The summed E-state index contributed by atoms with van der Waals surface area (Å²) in [5, 5.41) is 21.0. The number of ether oxygens (including phenoxy) is 1. The van der Waals surface area contributed by atoms with Gasteiger partial charge in [0.05, 0.1) is 16.8 Å². The van der Waals surface area contributed by atoms with Crippen molar-refractivity contribution < 1.29 is 14.9 Å². The first-order chi connectivity index (χ1) is 7.47. The van der Waals surface area contributed by atoms with E-state index in [2.05, 4.69) is 6.92 Å². The Kier molecular flexibility index (Phi) is 2.21. The van der Waals surface area contributed by atoms with Crippen molar-refractivity contribution in [3.8, 4) is 0 Å². The van der Waals surface area contributed by atoms with Gasteiger partial charge >= 0.3 is 0 Å². The molecule has 3 heteroatoms. The zero-order chi connectivity index (χ0) is 11.4. The van der Waals surface area contributed by atoms with Crippen molar-refractivity contribution in [3.63, 3.8) is 0 Å². The molecule has 0 amide bonds. The van der Waals surface area contributed by atoms with Crippen molar-refractivity contribution in [3.05, 3.63) is 0 Å². The molecule has 0 aromatic heterocycles. The van der Waals surface area contributed by atoms with E-state index in [-0.39, 0.29) is 5.60 Å². The number of aliphatic hydroxyl groups is 2. The first-order valence-corrected chi connectivity index (χ1v) is 6.55. The highest BCUT2D eigenvalue weighted by molar-refractivity contribution is 5.15. The molecule has 4 saturated carbocycles. The molecule has 0 radical (unpaired) electrons. The SMILES string of the molecule is CCCOC12CC3CC(O)(CC(O)(C3)C1)C2. The normalized spacial score (nSPS) is 54.6. The third-order valence-corrected chi connectivity index (χ3v) is 4.57. The van der Waals surface area contributed by atoms with Gasteiger partial charge in [-0.2, -0.15) is 0 Å². The Morgan fingerprint density at radius 1 is 1.06 bits per heavy atom. The molecule has 2 N–H and O–H groups in total. The number of hydrogen-bond donors (Lipinski definition) is 2. The van der Waals surface area contributed by atoms with E-state index in [9.17, 15) is 10.2 Å². The summed E-state index contributed by atoms with van der Waals surface area (Å²) in [6.07, 6.45) is 5.81. The Hall–Kier alpha value is -0.120. The fourth-order valence-electron chi connectivity index (χ4n) is 4.73. The average molecular weight is 226 g/mol. The predicted octanol–water partition coefficient (Wildman–Crippen LogP) is 1.61. The van der Waals surface area contributed by atoms with E-state index in [0.717, 1.165) is 45.1 Å². The molecule has 4 aliphatic rings. The Morgan fingerprint density at radius 3 is 2.19 bits per heavy atom. The van der Waals surface area contributed by atoms with Crippen LogP contribution in [0.15, 0.2) is 0 Å². The standard InChI is InChI=1S/C13H22O3/c1-2-3-16-13-6-10-4-11(14,8-13)7-12(15,5-10)9-13/h10,14-15H,2-9H2,1H3.